The van der Waals surface area contributed by atoms with Crippen molar-refractivity contribution in [3.8, 4) is 10.6 Å². The number of hydrogen-bond donors (Lipinski definition) is 2. The summed E-state index contributed by atoms with van der Waals surface area (Å²) >= 11 is 1.70. The SMILES string of the molecule is CCOC(=N)c1cccc(-c2nc3c(s2)NCCCC3)c1. The first kappa shape index (κ1) is 14.1. The van der Waals surface area contributed by atoms with Crippen molar-refractivity contribution in [1.82, 2.24) is 4.98 Å². The average molecular weight is 301 g/mol. The zero-order chi connectivity index (χ0) is 14.7. The van der Waals surface area contributed by atoms with Crippen molar-refractivity contribution in [1.29, 1.82) is 5.41 Å². The number of thiazole rings is 1. The van der Waals surface area contributed by atoms with Gasteiger partial charge >= 0.3 is 0 Å². The van der Waals surface area contributed by atoms with Gasteiger partial charge in [-0.25, -0.2) is 4.98 Å². The highest BCUT2D eigenvalue weighted by atomic mass is 32.1. The van der Waals surface area contributed by atoms with Crippen molar-refractivity contribution in [3.05, 3.63) is 35.5 Å². The van der Waals surface area contributed by atoms with Crippen molar-refractivity contribution in [2.75, 3.05) is 18.5 Å². The van der Waals surface area contributed by atoms with Gasteiger partial charge < -0.3 is 10.1 Å². The van der Waals surface area contributed by atoms with Crippen molar-refractivity contribution in [2.24, 2.45) is 0 Å². The van der Waals surface area contributed by atoms with Gasteiger partial charge in [-0.15, -0.1) is 0 Å². The van der Waals surface area contributed by atoms with E-state index in [9.17, 15) is 0 Å². The van der Waals surface area contributed by atoms with Crippen LogP contribution < -0.4 is 5.32 Å². The van der Waals surface area contributed by atoms with Gasteiger partial charge in [-0.3, -0.25) is 5.41 Å². The molecule has 0 aliphatic carbocycles. The van der Waals surface area contributed by atoms with Gasteiger partial charge in [0.2, 0.25) is 5.90 Å². The number of aromatic nitrogens is 1. The van der Waals surface area contributed by atoms with Crippen LogP contribution in [0.2, 0.25) is 0 Å². The van der Waals surface area contributed by atoms with E-state index < -0.39 is 0 Å². The fourth-order valence-corrected chi connectivity index (χ4v) is 3.46. The van der Waals surface area contributed by atoms with Crippen LogP contribution in [0.25, 0.3) is 10.6 Å². The largest absolute Gasteiger partial charge is 0.478 e. The van der Waals surface area contributed by atoms with Crippen molar-refractivity contribution < 1.29 is 4.74 Å². The maximum absolute atomic E-state index is 7.90. The van der Waals surface area contributed by atoms with Gasteiger partial charge in [0.15, 0.2) is 0 Å². The second-order valence-corrected chi connectivity index (χ2v) is 6.02. The number of nitrogens with one attached hydrogen (secondary N) is 2. The molecule has 1 aliphatic rings. The Morgan fingerprint density at radius 3 is 3.19 bits per heavy atom. The van der Waals surface area contributed by atoms with Gasteiger partial charge in [0.1, 0.15) is 10.0 Å². The molecule has 2 N–H and O–H groups in total. The van der Waals surface area contributed by atoms with E-state index in [1.807, 2.05) is 31.2 Å². The van der Waals surface area contributed by atoms with Crippen molar-refractivity contribution in [3.63, 3.8) is 0 Å². The summed E-state index contributed by atoms with van der Waals surface area (Å²) in [6.45, 7) is 3.43. The number of rotatable bonds is 3. The van der Waals surface area contributed by atoms with Gasteiger partial charge in [0.25, 0.3) is 0 Å². The summed E-state index contributed by atoms with van der Waals surface area (Å²) in [6.07, 6.45) is 3.45. The van der Waals surface area contributed by atoms with Gasteiger partial charge in [-0.2, -0.15) is 0 Å². The van der Waals surface area contributed by atoms with E-state index in [1.165, 1.54) is 23.5 Å². The monoisotopic (exact) mass is 301 g/mol. The quantitative estimate of drug-likeness (QED) is 0.667. The molecule has 0 saturated carbocycles. The maximum atomic E-state index is 7.90. The van der Waals surface area contributed by atoms with E-state index in [0.717, 1.165) is 29.1 Å². The fraction of sp³-hybridized carbons (Fsp3) is 0.375. The number of aryl methyl sites for hydroxylation is 1. The lowest BCUT2D eigenvalue weighted by Gasteiger charge is -2.06. The molecule has 0 saturated heterocycles. The second kappa shape index (κ2) is 6.26. The van der Waals surface area contributed by atoms with Gasteiger partial charge in [-0.05, 0) is 38.3 Å². The molecule has 0 atom stereocenters. The number of benzene rings is 1. The molecule has 1 aromatic carbocycles. The molecule has 2 heterocycles. The average Bonchev–Trinajstić information content (AvgIpc) is 2.79. The third-order valence-corrected chi connectivity index (χ3v) is 4.59. The van der Waals surface area contributed by atoms with Crippen LogP contribution in [-0.4, -0.2) is 24.0 Å². The Balaban J connectivity index is 1.90. The predicted octanol–water partition coefficient (Wildman–Crippen LogP) is 3.92. The van der Waals surface area contributed by atoms with Gasteiger partial charge in [0.05, 0.1) is 12.3 Å². The molecule has 0 fully saturated rings. The Morgan fingerprint density at radius 1 is 1.43 bits per heavy atom. The Kier molecular flexibility index (Phi) is 4.20. The third-order valence-electron chi connectivity index (χ3n) is 3.48. The molecule has 0 radical (unpaired) electrons. The van der Waals surface area contributed by atoms with Crippen LogP contribution >= 0.6 is 11.3 Å². The third kappa shape index (κ3) is 3.08. The molecule has 0 spiro atoms. The van der Waals surface area contributed by atoms with E-state index in [2.05, 4.69) is 5.32 Å². The molecule has 0 bridgehead atoms. The van der Waals surface area contributed by atoms with Gasteiger partial charge in [-0.1, -0.05) is 23.5 Å². The Morgan fingerprint density at radius 2 is 2.33 bits per heavy atom. The van der Waals surface area contributed by atoms with Crippen molar-refractivity contribution in [2.45, 2.75) is 26.2 Å². The zero-order valence-electron chi connectivity index (χ0n) is 12.1. The van der Waals surface area contributed by atoms with E-state index >= 15 is 0 Å². The Labute approximate surface area is 128 Å². The Bertz CT molecular complexity index is 627. The molecule has 1 aliphatic heterocycles. The van der Waals surface area contributed by atoms with E-state index in [4.69, 9.17) is 15.1 Å². The summed E-state index contributed by atoms with van der Waals surface area (Å²) in [7, 11) is 0. The predicted molar refractivity (Wildman–Crippen MR) is 87.4 cm³/mol. The first-order chi connectivity index (χ1) is 10.3. The van der Waals surface area contributed by atoms with Crippen LogP contribution in [0, 0.1) is 5.41 Å². The summed E-state index contributed by atoms with van der Waals surface area (Å²) in [4.78, 5) is 4.77. The molecule has 0 amide bonds. The summed E-state index contributed by atoms with van der Waals surface area (Å²) in [5.41, 5.74) is 3.03. The normalized spacial score (nSPS) is 14.0. The summed E-state index contributed by atoms with van der Waals surface area (Å²) in [5.74, 6) is 0.218. The number of anilines is 1. The lowest BCUT2D eigenvalue weighted by atomic mass is 10.1. The summed E-state index contributed by atoms with van der Waals surface area (Å²) in [6, 6.07) is 7.88. The molecule has 5 heteroatoms. The zero-order valence-corrected chi connectivity index (χ0v) is 12.9. The van der Waals surface area contributed by atoms with E-state index in [0.29, 0.717) is 6.61 Å². The van der Waals surface area contributed by atoms with Crippen LogP contribution in [0.3, 0.4) is 0 Å². The lowest BCUT2D eigenvalue weighted by Crippen LogP contribution is -2.04. The number of fused-ring (bicyclic) bond motifs is 1. The summed E-state index contributed by atoms with van der Waals surface area (Å²) in [5, 5.41) is 13.6. The molecule has 4 nitrogen and oxygen atoms in total. The van der Waals surface area contributed by atoms with E-state index in [1.54, 1.807) is 11.3 Å². The first-order valence-electron chi connectivity index (χ1n) is 7.33. The minimum Gasteiger partial charge on any atom is -0.478 e. The Hall–Kier alpha value is -1.88. The second-order valence-electron chi connectivity index (χ2n) is 5.02. The van der Waals surface area contributed by atoms with E-state index in [-0.39, 0.29) is 5.90 Å². The highest BCUT2D eigenvalue weighted by Gasteiger charge is 2.15. The minimum absolute atomic E-state index is 0.218. The van der Waals surface area contributed by atoms with Crippen LogP contribution in [0.4, 0.5) is 5.00 Å². The highest BCUT2D eigenvalue weighted by molar-refractivity contribution is 7.19. The minimum atomic E-state index is 0.218. The van der Waals surface area contributed by atoms with Gasteiger partial charge in [0, 0.05) is 17.7 Å². The number of ether oxygens (including phenoxy) is 1. The number of nitrogens with zero attached hydrogens (tertiary/aromatic N) is 1. The maximum Gasteiger partial charge on any atom is 0.213 e. The highest BCUT2D eigenvalue weighted by Crippen LogP contribution is 2.34. The summed E-state index contributed by atoms with van der Waals surface area (Å²) < 4.78 is 5.27. The lowest BCUT2D eigenvalue weighted by molar-refractivity contribution is 0.325. The standard InChI is InChI=1S/C16H19N3OS/c1-2-20-14(17)11-6-5-7-12(10-11)15-19-13-8-3-4-9-18-16(13)21-15/h5-7,10,17-18H,2-4,8-9H2,1H3. The van der Waals surface area contributed by atoms with Crippen LogP contribution in [0.15, 0.2) is 24.3 Å². The topological polar surface area (TPSA) is 58.0 Å². The molecule has 3 rings (SSSR count). The molecule has 1 aromatic heterocycles. The smallest absolute Gasteiger partial charge is 0.213 e. The molecule has 2 aromatic rings. The van der Waals surface area contributed by atoms with Crippen molar-refractivity contribution >= 4 is 22.2 Å². The molecular formula is C16H19N3OS. The van der Waals surface area contributed by atoms with Crippen LogP contribution in [0.5, 0.6) is 0 Å². The van der Waals surface area contributed by atoms with Crippen LogP contribution in [0.1, 0.15) is 31.0 Å². The molecule has 21 heavy (non-hydrogen) atoms. The molecule has 110 valence electrons. The van der Waals surface area contributed by atoms with Crippen LogP contribution in [-0.2, 0) is 11.2 Å². The molecule has 0 unspecified atom stereocenters. The molecular weight excluding hydrogens is 282 g/mol. The first-order valence-corrected chi connectivity index (χ1v) is 8.15. The fourth-order valence-electron chi connectivity index (χ4n) is 2.42. The number of hydrogen-bond acceptors (Lipinski definition) is 5.